The van der Waals surface area contributed by atoms with Crippen LogP contribution >= 0.6 is 0 Å². The Balaban J connectivity index is 2.12. The molecule has 0 bridgehead atoms. The maximum atomic E-state index is 12.6. The molecule has 24 heavy (non-hydrogen) atoms. The summed E-state index contributed by atoms with van der Waals surface area (Å²) < 4.78 is 0. The van der Waals surface area contributed by atoms with E-state index in [0.29, 0.717) is 24.3 Å². The lowest BCUT2D eigenvalue weighted by atomic mass is 9.86. The van der Waals surface area contributed by atoms with E-state index in [2.05, 4.69) is 17.6 Å². The third-order valence-electron chi connectivity index (χ3n) is 4.47. The number of benzene rings is 1. The number of imide groups is 1. The molecule has 1 fully saturated rings. The van der Waals surface area contributed by atoms with E-state index in [4.69, 9.17) is 0 Å². The summed E-state index contributed by atoms with van der Waals surface area (Å²) in [7, 11) is 0. The Kier molecular flexibility index (Phi) is 5.59. The van der Waals surface area contributed by atoms with Crippen molar-refractivity contribution in [1.29, 1.82) is 0 Å². The minimum atomic E-state index is -0.641. The summed E-state index contributed by atoms with van der Waals surface area (Å²) >= 11 is 0. The summed E-state index contributed by atoms with van der Waals surface area (Å²) in [6.45, 7) is 6.39. The van der Waals surface area contributed by atoms with Crippen molar-refractivity contribution in [3.63, 3.8) is 0 Å². The number of hydrogen-bond donors (Lipinski definition) is 2. The lowest BCUT2D eigenvalue weighted by molar-refractivity contribution is -0.125. The van der Waals surface area contributed by atoms with Gasteiger partial charge < -0.3 is 10.6 Å². The van der Waals surface area contributed by atoms with Gasteiger partial charge in [-0.1, -0.05) is 33.3 Å². The fourth-order valence-corrected chi connectivity index (χ4v) is 2.69. The number of amides is 4. The van der Waals surface area contributed by atoms with Gasteiger partial charge in [0.1, 0.15) is 0 Å². The summed E-state index contributed by atoms with van der Waals surface area (Å²) in [5, 5.41) is 5.49. The molecule has 1 aliphatic rings. The first-order valence-electron chi connectivity index (χ1n) is 8.43. The third-order valence-corrected chi connectivity index (χ3v) is 4.47. The van der Waals surface area contributed by atoms with E-state index >= 15 is 0 Å². The number of urea groups is 1. The molecule has 1 aromatic rings. The van der Waals surface area contributed by atoms with Crippen molar-refractivity contribution >= 4 is 29.2 Å². The molecule has 0 saturated carbocycles. The van der Waals surface area contributed by atoms with Gasteiger partial charge in [-0.15, -0.1) is 0 Å². The molecule has 1 heterocycles. The summed E-state index contributed by atoms with van der Waals surface area (Å²) in [6.07, 6.45) is 2.76. The number of carbonyl (C=O) groups is 3. The van der Waals surface area contributed by atoms with Crippen molar-refractivity contribution in [2.24, 2.45) is 5.41 Å². The van der Waals surface area contributed by atoms with Crippen LogP contribution < -0.4 is 15.5 Å². The van der Waals surface area contributed by atoms with Crippen molar-refractivity contribution in [3.05, 3.63) is 24.3 Å². The SMILES string of the molecule is CCCCNC(=O)Nc1cccc(N2C(=O)CC(C)(CC)C2=O)c1. The van der Waals surface area contributed by atoms with E-state index in [1.807, 2.05) is 13.8 Å². The Morgan fingerprint density at radius 3 is 2.67 bits per heavy atom. The van der Waals surface area contributed by atoms with Crippen LogP contribution in [0.2, 0.25) is 0 Å². The molecule has 4 amide bonds. The lowest BCUT2D eigenvalue weighted by Gasteiger charge is -2.20. The summed E-state index contributed by atoms with van der Waals surface area (Å²) in [6, 6.07) is 6.51. The minimum absolute atomic E-state index is 0.181. The Hall–Kier alpha value is -2.37. The summed E-state index contributed by atoms with van der Waals surface area (Å²) in [5.74, 6) is -0.381. The third kappa shape index (κ3) is 3.75. The Bertz CT molecular complexity index is 644. The van der Waals surface area contributed by atoms with E-state index in [1.165, 1.54) is 4.90 Å². The highest BCUT2D eigenvalue weighted by Crippen LogP contribution is 2.38. The molecular weight excluding hydrogens is 306 g/mol. The normalized spacial score (nSPS) is 20.4. The molecule has 130 valence electrons. The molecule has 6 heteroatoms. The van der Waals surface area contributed by atoms with Crippen LogP contribution in [0.25, 0.3) is 0 Å². The van der Waals surface area contributed by atoms with Crippen LogP contribution in [0.3, 0.4) is 0 Å². The maximum absolute atomic E-state index is 12.6. The van der Waals surface area contributed by atoms with Crippen molar-refractivity contribution in [1.82, 2.24) is 5.32 Å². The van der Waals surface area contributed by atoms with Crippen LogP contribution in [0.5, 0.6) is 0 Å². The van der Waals surface area contributed by atoms with Gasteiger partial charge in [0.05, 0.1) is 11.1 Å². The molecule has 1 unspecified atom stereocenters. The predicted octanol–water partition coefficient (Wildman–Crippen LogP) is 3.29. The van der Waals surface area contributed by atoms with E-state index in [9.17, 15) is 14.4 Å². The first kappa shape index (κ1) is 18.0. The largest absolute Gasteiger partial charge is 0.338 e. The smallest absolute Gasteiger partial charge is 0.319 e. The number of unbranched alkanes of at least 4 members (excludes halogenated alkanes) is 1. The number of nitrogens with one attached hydrogen (secondary N) is 2. The van der Waals surface area contributed by atoms with Gasteiger partial charge in [-0.05, 0) is 31.0 Å². The van der Waals surface area contributed by atoms with Crippen LogP contribution in [-0.4, -0.2) is 24.4 Å². The Morgan fingerprint density at radius 2 is 2.04 bits per heavy atom. The van der Waals surface area contributed by atoms with Crippen LogP contribution in [0.4, 0.5) is 16.2 Å². The van der Waals surface area contributed by atoms with Crippen LogP contribution in [0.15, 0.2) is 24.3 Å². The molecule has 0 aliphatic carbocycles. The average Bonchev–Trinajstić information content (AvgIpc) is 2.78. The monoisotopic (exact) mass is 331 g/mol. The average molecular weight is 331 g/mol. The fourth-order valence-electron chi connectivity index (χ4n) is 2.69. The van der Waals surface area contributed by atoms with Crippen LogP contribution in [0, 0.1) is 5.41 Å². The zero-order valence-corrected chi connectivity index (χ0v) is 14.5. The molecule has 1 saturated heterocycles. The molecule has 0 spiro atoms. The van der Waals surface area contributed by atoms with Crippen molar-refractivity contribution in [2.45, 2.75) is 46.5 Å². The molecule has 0 aromatic heterocycles. The molecule has 1 aromatic carbocycles. The number of anilines is 2. The highest BCUT2D eigenvalue weighted by atomic mass is 16.2. The van der Waals surface area contributed by atoms with E-state index in [0.717, 1.165) is 12.8 Å². The van der Waals surface area contributed by atoms with Gasteiger partial charge in [0, 0.05) is 18.7 Å². The van der Waals surface area contributed by atoms with E-state index in [-0.39, 0.29) is 24.3 Å². The van der Waals surface area contributed by atoms with Gasteiger partial charge in [0.15, 0.2) is 0 Å². The van der Waals surface area contributed by atoms with Crippen LogP contribution in [-0.2, 0) is 9.59 Å². The zero-order valence-electron chi connectivity index (χ0n) is 14.5. The Labute approximate surface area is 142 Å². The van der Waals surface area contributed by atoms with Gasteiger partial charge in [0.2, 0.25) is 11.8 Å². The van der Waals surface area contributed by atoms with Gasteiger partial charge in [-0.25, -0.2) is 9.69 Å². The maximum Gasteiger partial charge on any atom is 0.319 e. The second-order valence-electron chi connectivity index (χ2n) is 6.41. The predicted molar refractivity (Wildman–Crippen MR) is 93.9 cm³/mol. The molecule has 1 aliphatic heterocycles. The van der Waals surface area contributed by atoms with Crippen molar-refractivity contribution < 1.29 is 14.4 Å². The minimum Gasteiger partial charge on any atom is -0.338 e. The topological polar surface area (TPSA) is 78.5 Å². The molecule has 1 atom stereocenters. The second-order valence-corrected chi connectivity index (χ2v) is 6.41. The van der Waals surface area contributed by atoms with Gasteiger partial charge in [0.25, 0.3) is 0 Å². The molecular formula is C18H25N3O3. The van der Waals surface area contributed by atoms with Crippen LogP contribution in [0.1, 0.15) is 46.5 Å². The van der Waals surface area contributed by atoms with Gasteiger partial charge >= 0.3 is 6.03 Å². The number of carbonyl (C=O) groups excluding carboxylic acids is 3. The first-order valence-corrected chi connectivity index (χ1v) is 8.43. The summed E-state index contributed by atoms with van der Waals surface area (Å²) in [5.41, 5.74) is 0.402. The van der Waals surface area contributed by atoms with E-state index in [1.54, 1.807) is 24.3 Å². The highest BCUT2D eigenvalue weighted by Gasteiger charge is 2.47. The zero-order chi connectivity index (χ0) is 17.7. The first-order chi connectivity index (χ1) is 11.4. The molecule has 2 rings (SSSR count). The highest BCUT2D eigenvalue weighted by molar-refractivity contribution is 6.22. The van der Waals surface area contributed by atoms with Gasteiger partial charge in [-0.3, -0.25) is 9.59 Å². The van der Waals surface area contributed by atoms with E-state index < -0.39 is 5.41 Å². The lowest BCUT2D eigenvalue weighted by Crippen LogP contribution is -2.34. The van der Waals surface area contributed by atoms with Crippen molar-refractivity contribution in [2.75, 3.05) is 16.8 Å². The fraction of sp³-hybridized carbons (Fsp3) is 0.500. The Morgan fingerprint density at radius 1 is 1.29 bits per heavy atom. The number of rotatable bonds is 6. The second kappa shape index (κ2) is 7.47. The number of nitrogens with zero attached hydrogens (tertiary/aromatic N) is 1. The molecule has 6 nitrogen and oxygen atoms in total. The quantitative estimate of drug-likeness (QED) is 0.620. The molecule has 0 radical (unpaired) electrons. The number of hydrogen-bond acceptors (Lipinski definition) is 3. The van der Waals surface area contributed by atoms with Gasteiger partial charge in [-0.2, -0.15) is 0 Å². The standard InChI is InChI=1S/C18H25N3O3/c1-4-6-10-19-17(24)20-13-8-7-9-14(11-13)21-15(22)12-18(3,5-2)16(21)23/h7-9,11H,4-6,10,12H2,1-3H3,(H2,19,20,24). The summed E-state index contributed by atoms with van der Waals surface area (Å²) in [4.78, 5) is 37.9. The van der Waals surface area contributed by atoms with Crippen molar-refractivity contribution in [3.8, 4) is 0 Å². The molecule has 2 N–H and O–H groups in total.